The summed E-state index contributed by atoms with van der Waals surface area (Å²) in [7, 11) is 0. The van der Waals surface area contributed by atoms with Gasteiger partial charge in [0.15, 0.2) is 0 Å². The van der Waals surface area contributed by atoms with Crippen LogP contribution in [-0.2, 0) is 15.7 Å². The number of benzene rings is 1. The maximum absolute atomic E-state index is 13.0. The maximum Gasteiger partial charge on any atom is 0.416 e. The second-order valence-corrected chi connectivity index (χ2v) is 9.44. The van der Waals surface area contributed by atoms with Crippen molar-refractivity contribution in [2.24, 2.45) is 5.41 Å². The summed E-state index contributed by atoms with van der Waals surface area (Å²) >= 11 is 0. The van der Waals surface area contributed by atoms with Gasteiger partial charge < -0.3 is 19.7 Å². The maximum atomic E-state index is 13.0. The smallest absolute Gasteiger partial charge is 0.416 e. The van der Waals surface area contributed by atoms with Crippen LogP contribution in [-0.4, -0.2) is 51.3 Å². The molecule has 10 heteroatoms. The van der Waals surface area contributed by atoms with Gasteiger partial charge >= 0.3 is 12.1 Å². The molecule has 2 aliphatic rings. The van der Waals surface area contributed by atoms with Crippen LogP contribution in [0.2, 0.25) is 0 Å². The van der Waals surface area contributed by atoms with Crippen LogP contribution in [0.5, 0.6) is 0 Å². The molecule has 3 heterocycles. The van der Waals surface area contributed by atoms with Gasteiger partial charge in [-0.15, -0.1) is 0 Å². The number of imidazole rings is 1. The van der Waals surface area contributed by atoms with Crippen molar-refractivity contribution < 1.29 is 27.8 Å². The first-order valence-corrected chi connectivity index (χ1v) is 11.3. The Kier molecular flexibility index (Phi) is 5.50. The van der Waals surface area contributed by atoms with Crippen LogP contribution in [0.4, 0.5) is 19.0 Å². The summed E-state index contributed by atoms with van der Waals surface area (Å²) in [6.07, 6.45) is 0.209. The number of halogens is 3. The number of H-pyrrole nitrogens is 1. The number of pyridine rings is 1. The topological polar surface area (TPSA) is 91.3 Å². The minimum absolute atomic E-state index is 0.0195. The average molecular weight is 474 g/mol. The quantitative estimate of drug-likeness (QED) is 0.548. The van der Waals surface area contributed by atoms with Gasteiger partial charge in [-0.1, -0.05) is 0 Å². The second kappa shape index (κ2) is 8.26. The van der Waals surface area contributed by atoms with Crippen LogP contribution in [0, 0.1) is 5.41 Å². The molecular weight excluding hydrogens is 449 g/mol. The Morgan fingerprint density at radius 2 is 1.91 bits per heavy atom. The molecule has 1 aliphatic heterocycles. The number of hydrogen-bond donors (Lipinski definition) is 2. The third kappa shape index (κ3) is 4.34. The highest BCUT2D eigenvalue weighted by molar-refractivity contribution is 5.80. The summed E-state index contributed by atoms with van der Waals surface area (Å²) < 4.78 is 45.0. The van der Waals surface area contributed by atoms with Crippen molar-refractivity contribution in [3.8, 4) is 11.4 Å². The number of nitrogens with zero attached hydrogens (tertiary/aromatic N) is 3. The third-order valence-electron chi connectivity index (χ3n) is 6.85. The van der Waals surface area contributed by atoms with Crippen molar-refractivity contribution in [3.63, 3.8) is 0 Å². The van der Waals surface area contributed by atoms with Crippen LogP contribution in [0.15, 0.2) is 36.5 Å². The van der Waals surface area contributed by atoms with Crippen molar-refractivity contribution in [2.45, 2.75) is 51.0 Å². The molecule has 180 valence electrons. The first kappa shape index (κ1) is 22.6. The Hall–Kier alpha value is -3.14. The molecule has 1 saturated heterocycles. The van der Waals surface area contributed by atoms with Gasteiger partial charge in [-0.25, -0.2) is 9.97 Å². The van der Waals surface area contributed by atoms with E-state index >= 15 is 0 Å². The molecular formula is C24H25F3N4O3. The molecule has 2 N–H and O–H groups in total. The minimum atomic E-state index is -4.40. The number of carbonyl (C=O) groups is 1. The van der Waals surface area contributed by atoms with Crippen molar-refractivity contribution >= 4 is 22.8 Å². The molecule has 2 fully saturated rings. The van der Waals surface area contributed by atoms with E-state index in [1.54, 1.807) is 13.1 Å². The normalized spacial score (nSPS) is 23.8. The molecule has 3 aromatic rings. The number of aromatic amines is 1. The van der Waals surface area contributed by atoms with E-state index in [0.717, 1.165) is 43.9 Å². The fourth-order valence-electron chi connectivity index (χ4n) is 4.75. The summed E-state index contributed by atoms with van der Waals surface area (Å²) in [6, 6.07) is 7.18. The SMILES string of the molecule is CC1(C(=O)O)CC(OC2CCN(c3ccc(-c4nc5ccc(C(F)(F)F)cc5[nH]4)cn3)CC2)C1. The van der Waals surface area contributed by atoms with E-state index in [0.29, 0.717) is 35.3 Å². The number of ether oxygens (including phenoxy) is 1. The summed E-state index contributed by atoms with van der Waals surface area (Å²) in [5, 5.41) is 9.23. The number of aliphatic carboxylic acids is 1. The first-order valence-electron chi connectivity index (χ1n) is 11.3. The lowest BCUT2D eigenvalue weighted by atomic mass is 9.68. The van der Waals surface area contributed by atoms with Crippen LogP contribution < -0.4 is 4.90 Å². The van der Waals surface area contributed by atoms with Crippen LogP contribution in [0.25, 0.3) is 22.4 Å². The Bertz CT molecular complexity index is 1190. The predicted octanol–water partition coefficient (Wildman–Crippen LogP) is 4.88. The highest BCUT2D eigenvalue weighted by Gasteiger charge is 2.47. The summed E-state index contributed by atoms with van der Waals surface area (Å²) in [4.78, 5) is 25.3. The van der Waals surface area contributed by atoms with E-state index in [2.05, 4.69) is 19.9 Å². The number of nitrogens with one attached hydrogen (secondary N) is 1. The van der Waals surface area contributed by atoms with Crippen molar-refractivity contribution in [1.29, 1.82) is 0 Å². The van der Waals surface area contributed by atoms with Crippen LogP contribution >= 0.6 is 0 Å². The summed E-state index contributed by atoms with van der Waals surface area (Å²) in [5.41, 5.74) is 0.107. The molecule has 0 bridgehead atoms. The molecule has 0 atom stereocenters. The summed E-state index contributed by atoms with van der Waals surface area (Å²) in [5.74, 6) is 0.527. The molecule has 0 spiro atoms. The van der Waals surface area contributed by atoms with Crippen molar-refractivity contribution in [3.05, 3.63) is 42.1 Å². The number of rotatable bonds is 5. The molecule has 1 aliphatic carbocycles. The van der Waals surface area contributed by atoms with Gasteiger partial charge in [0.1, 0.15) is 11.6 Å². The number of anilines is 1. The first-order chi connectivity index (χ1) is 16.1. The number of carboxylic acid groups (broad SMARTS) is 1. The van der Waals surface area contributed by atoms with E-state index < -0.39 is 23.1 Å². The van der Waals surface area contributed by atoms with E-state index in [1.807, 2.05) is 12.1 Å². The zero-order chi connectivity index (χ0) is 24.1. The fourth-order valence-corrected chi connectivity index (χ4v) is 4.75. The average Bonchev–Trinajstić information content (AvgIpc) is 3.21. The lowest BCUT2D eigenvalue weighted by molar-refractivity contribution is -0.170. The second-order valence-electron chi connectivity index (χ2n) is 9.44. The van der Waals surface area contributed by atoms with Crippen LogP contribution in [0.3, 0.4) is 0 Å². The predicted molar refractivity (Wildman–Crippen MR) is 119 cm³/mol. The Balaban J connectivity index is 1.19. The monoisotopic (exact) mass is 474 g/mol. The van der Waals surface area contributed by atoms with Crippen LogP contribution in [0.1, 0.15) is 38.2 Å². The molecule has 0 amide bonds. The fraction of sp³-hybridized carbons (Fsp3) is 0.458. The highest BCUT2D eigenvalue weighted by atomic mass is 19.4. The largest absolute Gasteiger partial charge is 0.481 e. The molecule has 1 saturated carbocycles. The van der Waals surface area contributed by atoms with Gasteiger partial charge in [-0.05, 0) is 62.9 Å². The molecule has 7 nitrogen and oxygen atoms in total. The number of carboxylic acids is 1. The zero-order valence-electron chi connectivity index (χ0n) is 18.6. The highest BCUT2D eigenvalue weighted by Crippen LogP contribution is 2.43. The standard InChI is InChI=1S/C24H25F3N4O3/c1-23(22(32)33)11-17(12-23)34-16-6-8-31(9-7-16)20-5-2-14(13-28-20)21-29-18-4-3-15(24(25,26)27)10-19(18)30-21/h2-5,10,13,16-17H,6-9,11-12H2,1H3,(H,29,30)(H,32,33). The van der Waals surface area contributed by atoms with Gasteiger partial charge in [0.2, 0.25) is 0 Å². The van der Waals surface area contributed by atoms with E-state index in [4.69, 9.17) is 4.74 Å². The molecule has 34 heavy (non-hydrogen) atoms. The molecule has 0 unspecified atom stereocenters. The third-order valence-corrected chi connectivity index (χ3v) is 6.85. The zero-order valence-corrected chi connectivity index (χ0v) is 18.6. The van der Waals surface area contributed by atoms with Gasteiger partial charge in [-0.3, -0.25) is 4.79 Å². The number of piperidine rings is 1. The van der Waals surface area contributed by atoms with Gasteiger partial charge in [0.05, 0.1) is 34.2 Å². The number of alkyl halides is 3. The Labute approximate surface area is 194 Å². The van der Waals surface area contributed by atoms with E-state index in [9.17, 15) is 23.1 Å². The lowest BCUT2D eigenvalue weighted by Crippen LogP contribution is -2.48. The van der Waals surface area contributed by atoms with E-state index in [-0.39, 0.29) is 12.2 Å². The minimum Gasteiger partial charge on any atom is -0.481 e. The summed E-state index contributed by atoms with van der Waals surface area (Å²) in [6.45, 7) is 3.33. The molecule has 2 aromatic heterocycles. The molecule has 1 aromatic carbocycles. The number of hydrogen-bond acceptors (Lipinski definition) is 5. The van der Waals surface area contributed by atoms with Gasteiger partial charge in [-0.2, -0.15) is 13.2 Å². The number of fused-ring (bicyclic) bond motifs is 1. The Morgan fingerprint density at radius 1 is 1.18 bits per heavy atom. The van der Waals surface area contributed by atoms with Gasteiger partial charge in [0.25, 0.3) is 0 Å². The van der Waals surface area contributed by atoms with Crippen molar-refractivity contribution in [2.75, 3.05) is 18.0 Å². The number of aromatic nitrogens is 3. The van der Waals surface area contributed by atoms with Crippen molar-refractivity contribution in [1.82, 2.24) is 15.0 Å². The Morgan fingerprint density at radius 3 is 2.53 bits per heavy atom. The molecule has 0 radical (unpaired) electrons. The van der Waals surface area contributed by atoms with Gasteiger partial charge in [0, 0.05) is 24.8 Å². The lowest BCUT2D eigenvalue weighted by Gasteiger charge is -2.44. The molecule has 5 rings (SSSR count). The van der Waals surface area contributed by atoms with E-state index in [1.165, 1.54) is 6.07 Å².